The number of anilines is 2. The van der Waals surface area contributed by atoms with Crippen molar-refractivity contribution in [2.24, 2.45) is 0 Å². The fourth-order valence-corrected chi connectivity index (χ4v) is 2.67. The van der Waals surface area contributed by atoms with Gasteiger partial charge in [-0.25, -0.2) is 4.79 Å². The normalized spacial score (nSPS) is 11.4. The minimum Gasteiger partial charge on any atom is -0.462 e. The van der Waals surface area contributed by atoms with E-state index in [9.17, 15) is 18.0 Å². The lowest BCUT2D eigenvalue weighted by Gasteiger charge is -2.15. The van der Waals surface area contributed by atoms with Crippen LogP contribution >= 0.6 is 11.6 Å². The van der Waals surface area contributed by atoms with Crippen molar-refractivity contribution in [1.82, 2.24) is 4.98 Å². The molecule has 3 aromatic rings. The van der Waals surface area contributed by atoms with Crippen LogP contribution in [0.25, 0.3) is 10.9 Å². The Morgan fingerprint density at radius 2 is 1.89 bits per heavy atom. The lowest BCUT2D eigenvalue weighted by Crippen LogP contribution is -2.10. The van der Waals surface area contributed by atoms with Gasteiger partial charge in [-0.3, -0.25) is 4.98 Å². The molecule has 27 heavy (non-hydrogen) atoms. The standard InChI is InChI=1S/C19H14ClF3N2O2/c1-2-27-18(26)15-10-24-16-9-11(19(21,22)23)3-8-14(16)17(15)25-13-6-4-12(20)5-7-13/h3-10H,2H2,1H3,(H,24,25). The maximum Gasteiger partial charge on any atom is 0.416 e. The van der Waals surface area contributed by atoms with Crippen LogP contribution in [-0.4, -0.2) is 17.6 Å². The highest BCUT2D eigenvalue weighted by Gasteiger charge is 2.31. The van der Waals surface area contributed by atoms with Gasteiger partial charge in [-0.2, -0.15) is 13.2 Å². The zero-order chi connectivity index (χ0) is 19.6. The smallest absolute Gasteiger partial charge is 0.416 e. The molecule has 3 rings (SSSR count). The number of halogens is 4. The van der Waals surface area contributed by atoms with Gasteiger partial charge in [0.05, 0.1) is 23.4 Å². The van der Waals surface area contributed by atoms with Crippen molar-refractivity contribution in [3.05, 3.63) is 64.8 Å². The van der Waals surface area contributed by atoms with E-state index in [1.807, 2.05) is 0 Å². The predicted molar refractivity (Wildman–Crippen MR) is 97.4 cm³/mol. The quantitative estimate of drug-likeness (QED) is 0.566. The highest BCUT2D eigenvalue weighted by Crippen LogP contribution is 2.35. The Balaban J connectivity index is 2.16. The van der Waals surface area contributed by atoms with Crippen molar-refractivity contribution >= 4 is 39.8 Å². The summed E-state index contributed by atoms with van der Waals surface area (Å²) in [6, 6.07) is 9.86. The number of carbonyl (C=O) groups excluding carboxylic acids is 1. The second kappa shape index (κ2) is 7.44. The number of ether oxygens (including phenoxy) is 1. The van der Waals surface area contributed by atoms with Crippen molar-refractivity contribution < 1.29 is 22.7 Å². The molecule has 8 heteroatoms. The van der Waals surface area contributed by atoms with Gasteiger partial charge in [0.15, 0.2) is 0 Å². The van der Waals surface area contributed by atoms with Crippen LogP contribution in [0.1, 0.15) is 22.8 Å². The molecule has 0 saturated carbocycles. The Bertz CT molecular complexity index is 989. The minimum absolute atomic E-state index is 0.106. The molecule has 0 bridgehead atoms. The largest absolute Gasteiger partial charge is 0.462 e. The van der Waals surface area contributed by atoms with Gasteiger partial charge in [0.2, 0.25) is 0 Å². The highest BCUT2D eigenvalue weighted by molar-refractivity contribution is 6.30. The van der Waals surface area contributed by atoms with Crippen LogP contribution < -0.4 is 5.32 Å². The maximum absolute atomic E-state index is 13.0. The number of benzene rings is 2. The molecule has 140 valence electrons. The average molecular weight is 395 g/mol. The molecule has 0 spiro atoms. The highest BCUT2D eigenvalue weighted by atomic mass is 35.5. The molecule has 2 aromatic carbocycles. The summed E-state index contributed by atoms with van der Waals surface area (Å²) < 4.78 is 44.0. The second-order valence-electron chi connectivity index (χ2n) is 5.63. The van der Waals surface area contributed by atoms with Gasteiger partial charge in [-0.1, -0.05) is 17.7 Å². The van der Waals surface area contributed by atoms with Gasteiger partial charge in [-0.15, -0.1) is 0 Å². The number of rotatable bonds is 4. The van der Waals surface area contributed by atoms with Crippen LogP contribution in [-0.2, 0) is 10.9 Å². The third kappa shape index (κ3) is 4.14. The van der Waals surface area contributed by atoms with E-state index in [-0.39, 0.29) is 17.7 Å². The number of fused-ring (bicyclic) bond motifs is 1. The summed E-state index contributed by atoms with van der Waals surface area (Å²) in [5.41, 5.74) is 0.337. The summed E-state index contributed by atoms with van der Waals surface area (Å²) in [5.74, 6) is -0.622. The van der Waals surface area contributed by atoms with Crippen LogP contribution in [0.5, 0.6) is 0 Å². The van der Waals surface area contributed by atoms with E-state index in [0.29, 0.717) is 21.8 Å². The summed E-state index contributed by atoms with van der Waals surface area (Å²) in [6.07, 6.45) is -3.28. The molecule has 1 N–H and O–H groups in total. The number of esters is 1. The molecule has 0 atom stereocenters. The third-order valence-electron chi connectivity index (χ3n) is 3.81. The molecule has 0 fully saturated rings. The number of hydrogen-bond acceptors (Lipinski definition) is 4. The molecule has 0 radical (unpaired) electrons. The summed E-state index contributed by atoms with van der Waals surface area (Å²) in [5, 5.41) is 3.95. The van der Waals surface area contributed by atoms with E-state index in [1.165, 1.54) is 12.3 Å². The van der Waals surface area contributed by atoms with Crippen LogP contribution in [0.4, 0.5) is 24.5 Å². The second-order valence-corrected chi connectivity index (χ2v) is 6.07. The van der Waals surface area contributed by atoms with Gasteiger partial charge in [-0.05, 0) is 43.3 Å². The lowest BCUT2D eigenvalue weighted by molar-refractivity contribution is -0.137. The van der Waals surface area contributed by atoms with E-state index in [0.717, 1.165) is 12.1 Å². The van der Waals surface area contributed by atoms with E-state index in [4.69, 9.17) is 16.3 Å². The fraction of sp³-hybridized carbons (Fsp3) is 0.158. The molecule has 1 aromatic heterocycles. The molecule has 1 heterocycles. The Morgan fingerprint density at radius 3 is 2.52 bits per heavy atom. The zero-order valence-corrected chi connectivity index (χ0v) is 14.9. The van der Waals surface area contributed by atoms with Crippen LogP contribution in [0.15, 0.2) is 48.7 Å². The number of hydrogen-bond donors (Lipinski definition) is 1. The Hall–Kier alpha value is -2.80. The number of nitrogens with one attached hydrogen (secondary N) is 1. The maximum atomic E-state index is 13.0. The first-order valence-electron chi connectivity index (χ1n) is 7.99. The number of alkyl halides is 3. The first kappa shape index (κ1) is 19.0. The molecule has 0 amide bonds. The fourth-order valence-electron chi connectivity index (χ4n) is 2.55. The lowest BCUT2D eigenvalue weighted by atomic mass is 10.1. The number of pyridine rings is 1. The third-order valence-corrected chi connectivity index (χ3v) is 4.06. The van der Waals surface area contributed by atoms with Crippen LogP contribution in [0.2, 0.25) is 5.02 Å². The first-order chi connectivity index (χ1) is 12.8. The van der Waals surface area contributed by atoms with Crippen molar-refractivity contribution in [3.63, 3.8) is 0 Å². The van der Waals surface area contributed by atoms with Crippen molar-refractivity contribution in [2.75, 3.05) is 11.9 Å². The van der Waals surface area contributed by atoms with Crippen molar-refractivity contribution in [3.8, 4) is 0 Å². The van der Waals surface area contributed by atoms with E-state index in [2.05, 4.69) is 10.3 Å². The van der Waals surface area contributed by atoms with Crippen LogP contribution in [0.3, 0.4) is 0 Å². The van der Waals surface area contributed by atoms with E-state index >= 15 is 0 Å². The van der Waals surface area contributed by atoms with Crippen LogP contribution in [0, 0.1) is 0 Å². The van der Waals surface area contributed by atoms with Gasteiger partial charge in [0.25, 0.3) is 0 Å². The summed E-state index contributed by atoms with van der Waals surface area (Å²) in [7, 11) is 0. The monoisotopic (exact) mass is 394 g/mol. The van der Waals surface area contributed by atoms with E-state index < -0.39 is 17.7 Å². The van der Waals surface area contributed by atoms with E-state index in [1.54, 1.807) is 31.2 Å². The number of aromatic nitrogens is 1. The topological polar surface area (TPSA) is 51.2 Å². The molecule has 0 aliphatic carbocycles. The zero-order valence-electron chi connectivity index (χ0n) is 14.1. The molecular formula is C19H14ClF3N2O2. The Kier molecular flexibility index (Phi) is 5.23. The summed E-state index contributed by atoms with van der Waals surface area (Å²) >= 11 is 5.87. The average Bonchev–Trinajstić information content (AvgIpc) is 2.62. The molecule has 0 saturated heterocycles. The van der Waals surface area contributed by atoms with Gasteiger partial charge in [0, 0.05) is 22.3 Å². The molecule has 4 nitrogen and oxygen atoms in total. The first-order valence-corrected chi connectivity index (χ1v) is 8.37. The van der Waals surface area contributed by atoms with Gasteiger partial charge < -0.3 is 10.1 Å². The van der Waals surface area contributed by atoms with Gasteiger partial charge >= 0.3 is 12.1 Å². The summed E-state index contributed by atoms with van der Waals surface area (Å²) in [6.45, 7) is 1.82. The molecular weight excluding hydrogens is 381 g/mol. The molecule has 0 aliphatic heterocycles. The molecule has 0 aliphatic rings. The number of carbonyl (C=O) groups is 1. The summed E-state index contributed by atoms with van der Waals surface area (Å²) in [4.78, 5) is 16.3. The van der Waals surface area contributed by atoms with Gasteiger partial charge in [0.1, 0.15) is 5.56 Å². The number of nitrogens with zero attached hydrogens (tertiary/aromatic N) is 1. The van der Waals surface area contributed by atoms with Crippen molar-refractivity contribution in [2.45, 2.75) is 13.1 Å². The SMILES string of the molecule is CCOC(=O)c1cnc2cc(C(F)(F)F)ccc2c1Nc1ccc(Cl)cc1. The minimum atomic E-state index is -4.49. The predicted octanol–water partition coefficient (Wildman–Crippen LogP) is 5.83. The molecule has 0 unspecified atom stereocenters. The Labute approximate surface area is 157 Å². The van der Waals surface area contributed by atoms with Crippen molar-refractivity contribution in [1.29, 1.82) is 0 Å². The Morgan fingerprint density at radius 1 is 1.19 bits per heavy atom.